The van der Waals surface area contributed by atoms with Crippen molar-refractivity contribution in [2.24, 2.45) is 5.10 Å². The molecule has 7 heteroatoms. The van der Waals surface area contributed by atoms with Gasteiger partial charge in [-0.25, -0.2) is 5.01 Å². The zero-order valence-corrected chi connectivity index (χ0v) is 18.9. The van der Waals surface area contributed by atoms with Gasteiger partial charge in [-0.2, -0.15) is 5.10 Å². The molecule has 33 heavy (non-hydrogen) atoms. The molecule has 1 unspecified atom stereocenters. The van der Waals surface area contributed by atoms with Gasteiger partial charge < -0.3 is 13.9 Å². The van der Waals surface area contributed by atoms with Gasteiger partial charge in [-0.05, 0) is 49.4 Å². The van der Waals surface area contributed by atoms with Crippen molar-refractivity contribution < 1.29 is 18.7 Å². The number of benzene rings is 2. The monoisotopic (exact) mass is 445 g/mol. The van der Waals surface area contributed by atoms with Crippen LogP contribution in [0.15, 0.2) is 70.4 Å². The average Bonchev–Trinajstić information content (AvgIpc) is 3.49. The number of hydrazone groups is 1. The van der Waals surface area contributed by atoms with E-state index >= 15 is 0 Å². The summed E-state index contributed by atoms with van der Waals surface area (Å²) in [6.07, 6.45) is 2.25. The van der Waals surface area contributed by atoms with Crippen LogP contribution >= 0.6 is 0 Å². The van der Waals surface area contributed by atoms with Crippen LogP contribution in [0.5, 0.6) is 11.5 Å². The highest BCUT2D eigenvalue weighted by Crippen LogP contribution is 2.34. The van der Waals surface area contributed by atoms with Crippen LogP contribution in [0.3, 0.4) is 0 Å². The van der Waals surface area contributed by atoms with Crippen LogP contribution in [0, 0.1) is 6.92 Å². The molecule has 0 fully saturated rings. The fourth-order valence-corrected chi connectivity index (χ4v) is 4.22. The Morgan fingerprint density at radius 2 is 1.88 bits per heavy atom. The van der Waals surface area contributed by atoms with Gasteiger partial charge in [0.2, 0.25) is 0 Å². The second-order valence-corrected chi connectivity index (χ2v) is 8.54. The van der Waals surface area contributed by atoms with Crippen molar-refractivity contribution in [1.82, 2.24) is 9.91 Å². The summed E-state index contributed by atoms with van der Waals surface area (Å²) in [6.45, 7) is 4.01. The number of carbonyl (C=O) groups is 1. The predicted octanol–water partition coefficient (Wildman–Crippen LogP) is 4.17. The van der Waals surface area contributed by atoms with Crippen LogP contribution in [0.2, 0.25) is 0 Å². The standard InChI is InChI=1S/C26H27N3O4/c1-18-5-8-20(9-6-18)21-15-22(23-4-3-11-31-23)29(27-21)26(30)17-28(2)16-19-7-10-24-25(14-19)33-13-12-32-24/h3-11,14,22H,12-13,15-17H2,1-2H3. The lowest BCUT2D eigenvalue weighted by atomic mass is 10.0. The van der Waals surface area contributed by atoms with E-state index in [0.29, 0.717) is 26.2 Å². The van der Waals surface area contributed by atoms with Crippen LogP contribution in [-0.2, 0) is 11.3 Å². The summed E-state index contributed by atoms with van der Waals surface area (Å²) in [7, 11) is 1.93. The van der Waals surface area contributed by atoms with E-state index in [9.17, 15) is 4.79 Å². The van der Waals surface area contributed by atoms with Crippen LogP contribution in [-0.4, -0.2) is 48.3 Å². The molecule has 0 bridgehead atoms. The molecule has 1 amide bonds. The van der Waals surface area contributed by atoms with Crippen LogP contribution in [0.4, 0.5) is 0 Å². The molecule has 2 aromatic carbocycles. The van der Waals surface area contributed by atoms with E-state index in [-0.39, 0.29) is 18.5 Å². The zero-order valence-electron chi connectivity index (χ0n) is 18.9. The van der Waals surface area contributed by atoms with Crippen LogP contribution in [0.1, 0.15) is 34.9 Å². The van der Waals surface area contributed by atoms with Crippen molar-refractivity contribution in [2.45, 2.75) is 25.9 Å². The molecule has 0 N–H and O–H groups in total. The first-order chi connectivity index (χ1) is 16.1. The van der Waals surface area contributed by atoms with Crippen LogP contribution < -0.4 is 9.47 Å². The van der Waals surface area contributed by atoms with Crippen LogP contribution in [0.25, 0.3) is 0 Å². The zero-order chi connectivity index (χ0) is 22.8. The lowest BCUT2D eigenvalue weighted by Crippen LogP contribution is -2.36. The molecule has 3 heterocycles. The highest BCUT2D eigenvalue weighted by molar-refractivity contribution is 6.03. The number of carbonyl (C=O) groups excluding carboxylic acids is 1. The van der Waals surface area contributed by atoms with Gasteiger partial charge in [0.1, 0.15) is 25.0 Å². The minimum atomic E-state index is -0.244. The van der Waals surface area contributed by atoms with Gasteiger partial charge in [0.05, 0.1) is 18.5 Å². The number of amides is 1. The Labute approximate surface area is 193 Å². The van der Waals surface area contributed by atoms with Gasteiger partial charge >= 0.3 is 0 Å². The van der Waals surface area contributed by atoms with Gasteiger partial charge in [0.15, 0.2) is 11.5 Å². The van der Waals surface area contributed by atoms with E-state index in [2.05, 4.69) is 31.2 Å². The number of ether oxygens (including phenoxy) is 2. The molecular weight excluding hydrogens is 418 g/mol. The number of likely N-dealkylation sites (N-methyl/N-ethyl adjacent to an activating group) is 1. The molecule has 2 aliphatic rings. The molecule has 0 spiro atoms. The van der Waals surface area contributed by atoms with Crippen molar-refractivity contribution in [2.75, 3.05) is 26.8 Å². The molecule has 7 nitrogen and oxygen atoms in total. The molecule has 0 aliphatic carbocycles. The van der Waals surface area contributed by atoms with Crippen molar-refractivity contribution in [3.05, 3.63) is 83.3 Å². The molecule has 2 aliphatic heterocycles. The average molecular weight is 446 g/mol. The SMILES string of the molecule is Cc1ccc(C2=NN(C(=O)CN(C)Cc3ccc4c(c3)OCCO4)C(c3ccco3)C2)cc1. The quantitative estimate of drug-likeness (QED) is 0.570. The summed E-state index contributed by atoms with van der Waals surface area (Å²) in [5.74, 6) is 2.19. The second kappa shape index (κ2) is 9.11. The van der Waals surface area contributed by atoms with Crippen molar-refractivity contribution in [3.8, 4) is 11.5 Å². The lowest BCUT2D eigenvalue weighted by Gasteiger charge is -2.24. The first-order valence-corrected chi connectivity index (χ1v) is 11.1. The maximum Gasteiger partial charge on any atom is 0.257 e. The first-order valence-electron chi connectivity index (χ1n) is 11.1. The number of rotatable bonds is 6. The van der Waals surface area contributed by atoms with E-state index in [1.165, 1.54) is 5.56 Å². The molecule has 0 radical (unpaired) electrons. The Balaban J connectivity index is 1.31. The Kier molecular flexibility index (Phi) is 5.88. The molecule has 1 aromatic heterocycles. The van der Waals surface area contributed by atoms with E-state index < -0.39 is 0 Å². The summed E-state index contributed by atoms with van der Waals surface area (Å²) >= 11 is 0. The lowest BCUT2D eigenvalue weighted by molar-refractivity contribution is -0.134. The summed E-state index contributed by atoms with van der Waals surface area (Å²) in [4.78, 5) is 15.3. The van der Waals surface area contributed by atoms with Gasteiger partial charge in [0, 0.05) is 13.0 Å². The molecule has 1 atom stereocenters. The molecule has 0 saturated carbocycles. The minimum Gasteiger partial charge on any atom is -0.486 e. The Hall–Kier alpha value is -3.58. The fraction of sp³-hybridized carbons (Fsp3) is 0.308. The molecule has 3 aromatic rings. The van der Waals surface area contributed by atoms with Crippen molar-refractivity contribution >= 4 is 11.6 Å². The normalized spacial score (nSPS) is 17.4. The first kappa shape index (κ1) is 21.3. The van der Waals surface area contributed by atoms with E-state index in [1.54, 1.807) is 11.3 Å². The summed E-state index contributed by atoms with van der Waals surface area (Å²) in [5, 5.41) is 6.30. The van der Waals surface area contributed by atoms with E-state index in [1.807, 2.05) is 42.3 Å². The third-order valence-electron chi connectivity index (χ3n) is 5.89. The molecule has 0 saturated heterocycles. The Morgan fingerprint density at radius 3 is 2.64 bits per heavy atom. The summed E-state index contributed by atoms with van der Waals surface area (Å²) in [6, 6.07) is 17.6. The van der Waals surface area contributed by atoms with Gasteiger partial charge in [-0.1, -0.05) is 35.9 Å². The maximum atomic E-state index is 13.3. The third-order valence-corrected chi connectivity index (χ3v) is 5.89. The molecule has 170 valence electrons. The minimum absolute atomic E-state index is 0.0708. The largest absolute Gasteiger partial charge is 0.486 e. The van der Waals surface area contributed by atoms with Gasteiger partial charge in [-0.15, -0.1) is 0 Å². The summed E-state index contributed by atoms with van der Waals surface area (Å²) in [5.41, 5.74) is 4.16. The number of aryl methyl sites for hydroxylation is 1. The Morgan fingerprint density at radius 1 is 1.09 bits per heavy atom. The highest BCUT2D eigenvalue weighted by Gasteiger charge is 2.35. The number of furan rings is 1. The molecular formula is C26H27N3O4. The Bertz CT molecular complexity index is 1150. The topological polar surface area (TPSA) is 67.5 Å². The number of fused-ring (bicyclic) bond motifs is 1. The third kappa shape index (κ3) is 4.64. The summed E-state index contributed by atoms with van der Waals surface area (Å²) < 4.78 is 16.9. The van der Waals surface area contributed by atoms with Gasteiger partial charge in [0.25, 0.3) is 5.91 Å². The second-order valence-electron chi connectivity index (χ2n) is 8.54. The van der Waals surface area contributed by atoms with Gasteiger partial charge in [-0.3, -0.25) is 9.69 Å². The smallest absolute Gasteiger partial charge is 0.257 e. The van der Waals surface area contributed by atoms with Crippen molar-refractivity contribution in [1.29, 1.82) is 0 Å². The predicted molar refractivity (Wildman–Crippen MR) is 124 cm³/mol. The highest BCUT2D eigenvalue weighted by atomic mass is 16.6. The molecule has 5 rings (SSSR count). The number of hydrogen-bond donors (Lipinski definition) is 0. The van der Waals surface area contributed by atoms with E-state index in [0.717, 1.165) is 34.1 Å². The number of hydrogen-bond acceptors (Lipinski definition) is 6. The number of nitrogens with zero attached hydrogens (tertiary/aromatic N) is 3. The van der Waals surface area contributed by atoms with E-state index in [4.69, 9.17) is 19.0 Å². The fourth-order valence-electron chi connectivity index (χ4n) is 4.22. The van der Waals surface area contributed by atoms with Crippen molar-refractivity contribution in [3.63, 3.8) is 0 Å². The maximum absolute atomic E-state index is 13.3.